The minimum Gasteiger partial charge on any atom is -0.458 e. The Kier molecular flexibility index (Phi) is 6.89. The predicted octanol–water partition coefficient (Wildman–Crippen LogP) is 1.59. The van der Waals surface area contributed by atoms with Gasteiger partial charge in [0, 0.05) is 12.1 Å². The first-order valence-corrected chi connectivity index (χ1v) is 4.74. The molecule has 0 fully saturated rings. The second kappa shape index (κ2) is 8.17. The quantitative estimate of drug-likeness (QED) is 0.380. The topological polar surface area (TPSA) is 133 Å². The molecule has 1 N–H and O–H groups in total. The fourth-order valence-electron chi connectivity index (χ4n) is 0.937. The molecule has 102 valence electrons. The predicted molar refractivity (Wildman–Crippen MR) is 62.4 cm³/mol. The molecule has 0 aliphatic carbocycles. The molecule has 19 heavy (non-hydrogen) atoms. The Morgan fingerprint density at radius 2 is 1.79 bits per heavy atom. The number of hydrogen-bond donors (Lipinski definition) is 1. The fourth-order valence-corrected chi connectivity index (χ4v) is 0.937. The Morgan fingerprint density at radius 1 is 1.32 bits per heavy atom. The molecule has 0 atom stereocenters. The van der Waals surface area contributed by atoms with Gasteiger partial charge in [0.25, 0.3) is 10.8 Å². The van der Waals surface area contributed by atoms with E-state index in [1.54, 1.807) is 0 Å². The van der Waals surface area contributed by atoms with Crippen LogP contribution in [-0.2, 0) is 4.74 Å². The average molecular weight is 270 g/mol. The van der Waals surface area contributed by atoms with Gasteiger partial charge in [-0.05, 0) is 12.1 Å². The monoisotopic (exact) mass is 270 g/mol. The number of carbonyl (C=O) groups excluding carboxylic acids is 1. The van der Waals surface area contributed by atoms with Gasteiger partial charge >= 0.3 is 5.97 Å². The van der Waals surface area contributed by atoms with Gasteiger partial charge in [-0.1, -0.05) is 12.7 Å². The van der Waals surface area contributed by atoms with E-state index in [1.807, 2.05) is 0 Å². The van der Waals surface area contributed by atoms with Crippen molar-refractivity contribution in [1.82, 2.24) is 0 Å². The number of carbonyl (C=O) groups is 1. The van der Waals surface area contributed by atoms with Crippen molar-refractivity contribution in [2.75, 3.05) is 6.61 Å². The zero-order valence-corrected chi connectivity index (χ0v) is 9.59. The molecular formula is C10H10N2O7. The standard InChI is InChI=1S/C10H9NO4.HNO3/c1-2-7-15-10(12)8-3-5-9(6-4-8)11(13)14;2-1(3)4/h2-6H,1,7H2;(H,2,3,4). The molecule has 1 aromatic carbocycles. The second-order valence-corrected chi connectivity index (χ2v) is 2.93. The van der Waals surface area contributed by atoms with Crippen molar-refractivity contribution < 1.29 is 24.7 Å². The highest BCUT2D eigenvalue weighted by atomic mass is 16.9. The Morgan fingerprint density at radius 3 is 2.16 bits per heavy atom. The summed E-state index contributed by atoms with van der Waals surface area (Å²) in [5.41, 5.74) is 0.220. The maximum atomic E-state index is 11.2. The molecule has 9 nitrogen and oxygen atoms in total. The van der Waals surface area contributed by atoms with Gasteiger partial charge in [0.1, 0.15) is 6.61 Å². The molecule has 1 rings (SSSR count). The number of nitro benzene ring substituents is 1. The van der Waals surface area contributed by atoms with Crippen molar-refractivity contribution in [3.05, 3.63) is 62.7 Å². The molecule has 0 saturated carbocycles. The molecule has 9 heteroatoms. The number of non-ortho nitro benzene ring substituents is 1. The lowest BCUT2D eigenvalue weighted by Crippen LogP contribution is -2.04. The molecule has 0 aliphatic heterocycles. The van der Waals surface area contributed by atoms with Gasteiger partial charge < -0.3 is 9.94 Å². The van der Waals surface area contributed by atoms with E-state index < -0.39 is 16.0 Å². The van der Waals surface area contributed by atoms with E-state index in [-0.39, 0.29) is 17.9 Å². The summed E-state index contributed by atoms with van der Waals surface area (Å²) < 4.78 is 4.75. The number of ether oxygens (including phenoxy) is 1. The molecule has 0 radical (unpaired) electrons. The van der Waals surface area contributed by atoms with Gasteiger partial charge in [-0.2, -0.15) is 0 Å². The number of nitro groups is 1. The first-order valence-electron chi connectivity index (χ1n) is 4.74. The van der Waals surface area contributed by atoms with E-state index >= 15 is 0 Å². The Balaban J connectivity index is 0.000000711. The fraction of sp³-hybridized carbons (Fsp3) is 0.100. The molecule has 0 spiro atoms. The molecule has 1 aromatic rings. The lowest BCUT2D eigenvalue weighted by Gasteiger charge is -2.00. The smallest absolute Gasteiger partial charge is 0.338 e. The maximum Gasteiger partial charge on any atom is 0.338 e. The van der Waals surface area contributed by atoms with Crippen molar-refractivity contribution >= 4 is 11.7 Å². The summed E-state index contributed by atoms with van der Waals surface area (Å²) in [5, 5.41) is 24.0. The largest absolute Gasteiger partial charge is 0.458 e. The highest BCUT2D eigenvalue weighted by Gasteiger charge is 2.09. The van der Waals surface area contributed by atoms with E-state index in [1.165, 1.54) is 30.3 Å². The Bertz CT molecular complexity index is 465. The summed E-state index contributed by atoms with van der Waals surface area (Å²) in [7, 11) is 0. The van der Waals surface area contributed by atoms with Gasteiger partial charge in [-0.3, -0.25) is 10.1 Å². The molecule has 0 saturated heterocycles. The van der Waals surface area contributed by atoms with Crippen LogP contribution < -0.4 is 0 Å². The van der Waals surface area contributed by atoms with E-state index in [2.05, 4.69) is 6.58 Å². The molecule has 0 aromatic heterocycles. The van der Waals surface area contributed by atoms with Gasteiger partial charge in [0.2, 0.25) is 0 Å². The van der Waals surface area contributed by atoms with Gasteiger partial charge in [-0.25, -0.2) is 4.79 Å². The zero-order chi connectivity index (χ0) is 14.8. The van der Waals surface area contributed by atoms with Crippen LogP contribution in [0.25, 0.3) is 0 Å². The summed E-state index contributed by atoms with van der Waals surface area (Å²) in [4.78, 5) is 29.4. The van der Waals surface area contributed by atoms with Crippen molar-refractivity contribution in [2.24, 2.45) is 0 Å². The lowest BCUT2D eigenvalue weighted by molar-refractivity contribution is -0.742. The van der Waals surface area contributed by atoms with Crippen LogP contribution in [0, 0.1) is 20.2 Å². The first kappa shape index (κ1) is 16.0. The van der Waals surface area contributed by atoms with E-state index in [0.29, 0.717) is 0 Å². The molecular weight excluding hydrogens is 260 g/mol. The van der Waals surface area contributed by atoms with Crippen LogP contribution in [0.5, 0.6) is 0 Å². The number of hydrogen-bond acceptors (Lipinski definition) is 6. The van der Waals surface area contributed by atoms with Crippen LogP contribution in [0.3, 0.4) is 0 Å². The minimum atomic E-state index is -1.50. The van der Waals surface area contributed by atoms with E-state index in [0.717, 1.165) is 0 Å². The zero-order valence-electron chi connectivity index (χ0n) is 9.59. The van der Waals surface area contributed by atoms with Crippen molar-refractivity contribution in [3.63, 3.8) is 0 Å². The number of esters is 1. The van der Waals surface area contributed by atoms with Crippen LogP contribution in [0.1, 0.15) is 10.4 Å². The summed E-state index contributed by atoms with van der Waals surface area (Å²) >= 11 is 0. The van der Waals surface area contributed by atoms with E-state index in [9.17, 15) is 14.9 Å². The molecule has 0 amide bonds. The second-order valence-electron chi connectivity index (χ2n) is 2.93. The number of rotatable bonds is 4. The highest BCUT2D eigenvalue weighted by molar-refractivity contribution is 5.89. The molecule has 0 bridgehead atoms. The molecule has 0 heterocycles. The van der Waals surface area contributed by atoms with Crippen molar-refractivity contribution in [3.8, 4) is 0 Å². The van der Waals surface area contributed by atoms with Crippen LogP contribution in [-0.4, -0.2) is 27.8 Å². The Hall–Kier alpha value is -2.97. The third kappa shape index (κ3) is 7.05. The van der Waals surface area contributed by atoms with Crippen molar-refractivity contribution in [2.45, 2.75) is 0 Å². The normalized spacial score (nSPS) is 8.63. The van der Waals surface area contributed by atoms with Gasteiger partial charge in [0.15, 0.2) is 0 Å². The minimum absolute atomic E-state index is 0.0599. The van der Waals surface area contributed by atoms with Crippen LogP contribution in [0.2, 0.25) is 0 Å². The highest BCUT2D eigenvalue weighted by Crippen LogP contribution is 2.12. The summed E-state index contributed by atoms with van der Waals surface area (Å²) in [6.07, 6.45) is 1.45. The molecule has 0 unspecified atom stereocenters. The molecule has 0 aliphatic rings. The SMILES string of the molecule is C=CCOC(=O)c1ccc([N+](=O)[O-])cc1.O=[N+]([O-])O. The van der Waals surface area contributed by atoms with Crippen LogP contribution in [0.4, 0.5) is 5.69 Å². The van der Waals surface area contributed by atoms with Gasteiger partial charge in [-0.15, -0.1) is 10.1 Å². The van der Waals surface area contributed by atoms with Gasteiger partial charge in [0.05, 0.1) is 10.5 Å². The maximum absolute atomic E-state index is 11.2. The first-order chi connectivity index (χ1) is 8.88. The lowest BCUT2D eigenvalue weighted by atomic mass is 10.2. The van der Waals surface area contributed by atoms with Crippen LogP contribution in [0.15, 0.2) is 36.9 Å². The third-order valence-corrected chi connectivity index (χ3v) is 1.65. The number of nitrogens with zero attached hydrogens (tertiary/aromatic N) is 2. The van der Waals surface area contributed by atoms with E-state index in [4.69, 9.17) is 20.1 Å². The summed E-state index contributed by atoms with van der Waals surface area (Å²) in [6.45, 7) is 3.52. The summed E-state index contributed by atoms with van der Waals surface area (Å²) in [6, 6.07) is 5.21. The van der Waals surface area contributed by atoms with Crippen LogP contribution >= 0.6 is 0 Å². The average Bonchev–Trinajstić information content (AvgIpc) is 2.35. The number of benzene rings is 1. The third-order valence-electron chi connectivity index (χ3n) is 1.65. The van der Waals surface area contributed by atoms with Crippen molar-refractivity contribution in [1.29, 1.82) is 0 Å². The summed E-state index contributed by atoms with van der Waals surface area (Å²) in [5.74, 6) is -0.523. The Labute approximate surface area is 107 Å².